The number of nitrogens with zero attached hydrogens (tertiary/aromatic N) is 5. The monoisotopic (exact) mass is 350 g/mol. The molecule has 0 spiro atoms. The number of carbonyl (C=O) groups excluding carboxylic acids is 1. The molecule has 0 aliphatic carbocycles. The zero-order valence-electron chi connectivity index (χ0n) is 12.5. The van der Waals surface area contributed by atoms with Crippen molar-refractivity contribution in [2.75, 3.05) is 11.1 Å². The minimum absolute atomic E-state index is 0.156. The third kappa shape index (κ3) is 3.96. The van der Waals surface area contributed by atoms with Crippen molar-refractivity contribution in [3.63, 3.8) is 0 Å². The van der Waals surface area contributed by atoms with Gasteiger partial charge in [0.25, 0.3) is 0 Å². The van der Waals surface area contributed by atoms with Gasteiger partial charge in [-0.3, -0.25) is 14.7 Å². The molecule has 0 fully saturated rings. The van der Waals surface area contributed by atoms with Gasteiger partial charge in [-0.25, -0.2) is 0 Å². The number of nitrogens with one attached hydrogen (secondary N) is 1. The normalized spacial score (nSPS) is 10.9. The third-order valence-electron chi connectivity index (χ3n) is 2.90. The zero-order valence-corrected chi connectivity index (χ0v) is 14.1. The maximum Gasteiger partial charge on any atom is 0.236 e. The lowest BCUT2D eigenvalue weighted by molar-refractivity contribution is -0.113. The molecule has 0 aliphatic heterocycles. The van der Waals surface area contributed by atoms with Crippen LogP contribution in [-0.4, -0.2) is 36.6 Å². The average molecular weight is 350 g/mol. The van der Waals surface area contributed by atoms with E-state index in [9.17, 15) is 4.79 Å². The Bertz CT molecular complexity index is 795. The Balaban J connectivity index is 1.60. The van der Waals surface area contributed by atoms with Crippen LogP contribution in [0.25, 0.3) is 0 Å². The van der Waals surface area contributed by atoms with E-state index in [4.69, 9.17) is 4.42 Å². The molecular formula is C13H14N6O2S2. The summed E-state index contributed by atoms with van der Waals surface area (Å²) in [5.74, 6) is 1.64. The van der Waals surface area contributed by atoms with Crippen molar-refractivity contribution in [1.82, 2.24) is 25.0 Å². The molecule has 1 amide bonds. The minimum atomic E-state index is -0.156. The number of amides is 1. The number of hydrogen-bond acceptors (Lipinski definition) is 8. The molecule has 0 saturated heterocycles. The van der Waals surface area contributed by atoms with Crippen LogP contribution in [0.1, 0.15) is 16.6 Å². The van der Waals surface area contributed by atoms with Crippen LogP contribution in [0.5, 0.6) is 0 Å². The van der Waals surface area contributed by atoms with Crippen LogP contribution in [0.4, 0.5) is 5.13 Å². The molecule has 0 bridgehead atoms. The molecule has 1 N–H and O–H groups in total. The highest BCUT2D eigenvalue weighted by molar-refractivity contribution is 7.99. The summed E-state index contributed by atoms with van der Waals surface area (Å²) in [6, 6.07) is 3.72. The Morgan fingerprint density at radius 3 is 2.91 bits per heavy atom. The van der Waals surface area contributed by atoms with Gasteiger partial charge in [0.15, 0.2) is 5.16 Å². The van der Waals surface area contributed by atoms with E-state index in [1.165, 1.54) is 23.1 Å². The first kappa shape index (κ1) is 15.7. The molecule has 23 heavy (non-hydrogen) atoms. The van der Waals surface area contributed by atoms with Crippen LogP contribution in [0.3, 0.4) is 0 Å². The summed E-state index contributed by atoms with van der Waals surface area (Å²) in [4.78, 5) is 12.0. The molecular weight excluding hydrogens is 336 g/mol. The van der Waals surface area contributed by atoms with Gasteiger partial charge in [0, 0.05) is 0 Å². The number of hydrogen-bond donors (Lipinski definition) is 1. The fourth-order valence-electron chi connectivity index (χ4n) is 1.84. The van der Waals surface area contributed by atoms with Gasteiger partial charge >= 0.3 is 0 Å². The lowest BCUT2D eigenvalue weighted by atomic mass is 10.4. The summed E-state index contributed by atoms with van der Waals surface area (Å²) in [5.41, 5.74) is 0. The first-order valence-corrected chi connectivity index (χ1v) is 8.57. The Morgan fingerprint density at radius 2 is 2.22 bits per heavy atom. The standard InChI is InChI=1S/C13H14N6O2S2/c1-8-15-18-13(19(8)6-10-4-3-5-21-10)22-7-11(20)14-12-17-16-9(2)23-12/h3-5H,6-7H2,1-2H3,(H,14,17,20). The van der Waals surface area contributed by atoms with Gasteiger partial charge in [0.05, 0.1) is 18.6 Å². The van der Waals surface area contributed by atoms with Crippen LogP contribution in [0.15, 0.2) is 28.0 Å². The second kappa shape index (κ2) is 6.92. The fraction of sp³-hybridized carbons (Fsp3) is 0.308. The number of aromatic nitrogens is 5. The Labute approximate surface area is 140 Å². The number of anilines is 1. The summed E-state index contributed by atoms with van der Waals surface area (Å²) in [6.45, 7) is 4.23. The molecule has 0 atom stereocenters. The van der Waals surface area contributed by atoms with Gasteiger partial charge in [-0.15, -0.1) is 20.4 Å². The van der Waals surface area contributed by atoms with Crippen molar-refractivity contribution in [2.45, 2.75) is 25.5 Å². The summed E-state index contributed by atoms with van der Waals surface area (Å²) in [6.07, 6.45) is 1.62. The Hall–Kier alpha value is -2.20. The third-order valence-corrected chi connectivity index (χ3v) is 4.62. The van der Waals surface area contributed by atoms with Gasteiger partial charge in [0.2, 0.25) is 11.0 Å². The summed E-state index contributed by atoms with van der Waals surface area (Å²) in [5, 5.41) is 20.6. The quantitative estimate of drug-likeness (QED) is 0.680. The van der Waals surface area contributed by atoms with Crippen LogP contribution >= 0.6 is 23.1 Å². The zero-order chi connectivity index (χ0) is 16.2. The van der Waals surface area contributed by atoms with Gasteiger partial charge < -0.3 is 4.42 Å². The highest BCUT2D eigenvalue weighted by atomic mass is 32.2. The van der Waals surface area contributed by atoms with Crippen molar-refractivity contribution < 1.29 is 9.21 Å². The molecule has 0 radical (unpaired) electrons. The van der Waals surface area contributed by atoms with Gasteiger partial charge in [0.1, 0.15) is 16.6 Å². The second-order valence-electron chi connectivity index (χ2n) is 4.66. The van der Waals surface area contributed by atoms with Crippen LogP contribution in [0, 0.1) is 13.8 Å². The van der Waals surface area contributed by atoms with Gasteiger partial charge in [-0.1, -0.05) is 23.1 Å². The van der Waals surface area contributed by atoms with Crippen molar-refractivity contribution in [1.29, 1.82) is 0 Å². The highest BCUT2D eigenvalue weighted by Gasteiger charge is 2.14. The van der Waals surface area contributed by atoms with Crippen LogP contribution in [-0.2, 0) is 11.3 Å². The first-order chi connectivity index (χ1) is 11.1. The molecule has 0 unspecified atom stereocenters. The minimum Gasteiger partial charge on any atom is -0.467 e. The fourth-order valence-corrected chi connectivity index (χ4v) is 3.23. The molecule has 10 heteroatoms. The summed E-state index contributed by atoms with van der Waals surface area (Å²) < 4.78 is 7.25. The molecule has 3 heterocycles. The smallest absolute Gasteiger partial charge is 0.236 e. The maximum absolute atomic E-state index is 12.0. The van der Waals surface area contributed by atoms with E-state index in [0.717, 1.165) is 16.6 Å². The second-order valence-corrected chi connectivity index (χ2v) is 6.78. The highest BCUT2D eigenvalue weighted by Crippen LogP contribution is 2.20. The lowest BCUT2D eigenvalue weighted by Crippen LogP contribution is -2.14. The molecule has 3 rings (SSSR count). The summed E-state index contributed by atoms with van der Waals surface area (Å²) >= 11 is 2.65. The predicted octanol–water partition coefficient (Wildman–Crippen LogP) is 2.12. The van der Waals surface area contributed by atoms with E-state index in [2.05, 4.69) is 25.7 Å². The molecule has 120 valence electrons. The van der Waals surface area contributed by atoms with E-state index >= 15 is 0 Å². The maximum atomic E-state index is 12.0. The van der Waals surface area contributed by atoms with Crippen molar-refractivity contribution in [2.24, 2.45) is 0 Å². The average Bonchev–Trinajstić information content (AvgIpc) is 3.23. The van der Waals surface area contributed by atoms with Crippen molar-refractivity contribution in [3.05, 3.63) is 35.0 Å². The van der Waals surface area contributed by atoms with E-state index < -0.39 is 0 Å². The van der Waals surface area contributed by atoms with Crippen molar-refractivity contribution >= 4 is 34.1 Å². The predicted molar refractivity (Wildman–Crippen MR) is 86.6 cm³/mol. The molecule has 0 saturated carbocycles. The molecule has 0 aliphatic rings. The first-order valence-electron chi connectivity index (χ1n) is 6.77. The topological polar surface area (TPSA) is 98.7 Å². The number of furan rings is 1. The lowest BCUT2D eigenvalue weighted by Gasteiger charge is -2.06. The molecule has 3 aromatic heterocycles. The largest absolute Gasteiger partial charge is 0.467 e. The molecule has 0 aromatic carbocycles. The van der Waals surface area contributed by atoms with Crippen molar-refractivity contribution in [3.8, 4) is 0 Å². The molecule has 8 nitrogen and oxygen atoms in total. The number of aryl methyl sites for hydroxylation is 2. The van der Waals surface area contributed by atoms with E-state index in [-0.39, 0.29) is 11.7 Å². The van der Waals surface area contributed by atoms with E-state index in [1.807, 2.05) is 30.5 Å². The number of rotatable bonds is 6. The van der Waals surface area contributed by atoms with Crippen LogP contribution in [0.2, 0.25) is 0 Å². The van der Waals surface area contributed by atoms with Gasteiger partial charge in [-0.2, -0.15) is 0 Å². The van der Waals surface area contributed by atoms with Crippen LogP contribution < -0.4 is 5.32 Å². The van der Waals surface area contributed by atoms with Gasteiger partial charge in [-0.05, 0) is 26.0 Å². The Morgan fingerprint density at radius 1 is 1.35 bits per heavy atom. The SMILES string of the molecule is Cc1nnc(NC(=O)CSc2nnc(C)n2Cc2ccco2)s1. The number of thioether (sulfide) groups is 1. The Kier molecular flexibility index (Phi) is 4.72. The number of carbonyl (C=O) groups is 1. The van der Waals surface area contributed by atoms with E-state index in [0.29, 0.717) is 16.8 Å². The van der Waals surface area contributed by atoms with E-state index in [1.54, 1.807) is 6.26 Å². The summed E-state index contributed by atoms with van der Waals surface area (Å²) in [7, 11) is 0. The molecule has 3 aromatic rings.